The summed E-state index contributed by atoms with van der Waals surface area (Å²) >= 11 is 1.73. The average Bonchev–Trinajstić information content (AvgIpc) is 3.17. The first-order valence-electron chi connectivity index (χ1n) is 8.68. The van der Waals surface area contributed by atoms with Crippen molar-refractivity contribution in [2.75, 3.05) is 13.1 Å². The molecule has 2 aliphatic rings. The summed E-state index contributed by atoms with van der Waals surface area (Å²) in [5.74, 6) is 0.294. The van der Waals surface area contributed by atoms with Crippen LogP contribution in [0.4, 0.5) is 0 Å². The van der Waals surface area contributed by atoms with Gasteiger partial charge in [0, 0.05) is 23.7 Å². The number of thioether (sulfide) groups is 1. The number of piperidine rings is 1. The number of benzene rings is 1. The van der Waals surface area contributed by atoms with Crippen molar-refractivity contribution in [1.82, 2.24) is 14.7 Å². The van der Waals surface area contributed by atoms with Crippen LogP contribution < -0.4 is 0 Å². The summed E-state index contributed by atoms with van der Waals surface area (Å²) in [5, 5.41) is 4.67. The fourth-order valence-corrected chi connectivity index (χ4v) is 5.17. The molecular weight excluding hydrogens is 318 g/mol. The van der Waals surface area contributed by atoms with Gasteiger partial charge in [-0.1, -0.05) is 18.2 Å². The molecule has 0 bridgehead atoms. The molecule has 5 heteroatoms. The average molecular weight is 341 g/mol. The molecule has 1 saturated heterocycles. The molecule has 1 amide bonds. The Morgan fingerprint density at radius 1 is 1.29 bits per heavy atom. The minimum absolute atomic E-state index is 0.0432. The van der Waals surface area contributed by atoms with Gasteiger partial charge in [0.2, 0.25) is 5.91 Å². The molecule has 0 radical (unpaired) electrons. The lowest BCUT2D eigenvalue weighted by Crippen LogP contribution is -2.44. The maximum absolute atomic E-state index is 13.0. The topological polar surface area (TPSA) is 38.1 Å². The molecule has 24 heavy (non-hydrogen) atoms. The van der Waals surface area contributed by atoms with Crippen molar-refractivity contribution in [3.63, 3.8) is 0 Å². The highest BCUT2D eigenvalue weighted by Gasteiger charge is 2.34. The predicted molar refractivity (Wildman–Crippen MR) is 96.3 cm³/mol. The molecule has 0 spiro atoms. The van der Waals surface area contributed by atoms with E-state index >= 15 is 0 Å². The molecule has 0 aliphatic carbocycles. The molecule has 0 saturated carbocycles. The number of carbonyl (C=O) groups is 1. The first-order chi connectivity index (χ1) is 11.6. The second-order valence-corrected chi connectivity index (χ2v) is 8.11. The molecular formula is C19H23N3OS. The van der Waals surface area contributed by atoms with E-state index in [0.29, 0.717) is 11.9 Å². The van der Waals surface area contributed by atoms with E-state index in [-0.39, 0.29) is 5.25 Å². The lowest BCUT2D eigenvalue weighted by Gasteiger charge is -2.34. The number of rotatable bonds is 2. The van der Waals surface area contributed by atoms with Gasteiger partial charge in [0.25, 0.3) is 0 Å². The minimum Gasteiger partial charge on any atom is -0.340 e. The number of aryl methyl sites for hydroxylation is 2. The Morgan fingerprint density at radius 2 is 2.12 bits per heavy atom. The predicted octanol–water partition coefficient (Wildman–Crippen LogP) is 3.38. The van der Waals surface area contributed by atoms with Crippen LogP contribution in [0.2, 0.25) is 0 Å². The summed E-state index contributed by atoms with van der Waals surface area (Å²) < 4.78 is 2.12. The second-order valence-electron chi connectivity index (χ2n) is 6.87. The van der Waals surface area contributed by atoms with E-state index in [1.165, 1.54) is 16.2 Å². The van der Waals surface area contributed by atoms with Crippen LogP contribution >= 0.6 is 11.8 Å². The van der Waals surface area contributed by atoms with Crippen LogP contribution in [0.15, 0.2) is 35.2 Å². The molecule has 2 aliphatic heterocycles. The molecule has 4 rings (SSSR count). The summed E-state index contributed by atoms with van der Waals surface area (Å²) in [6, 6.07) is 10.8. The van der Waals surface area contributed by atoms with Crippen LogP contribution in [0.3, 0.4) is 0 Å². The van der Waals surface area contributed by atoms with E-state index in [4.69, 9.17) is 0 Å². The normalized spacial score (nSPS) is 23.3. The van der Waals surface area contributed by atoms with Crippen molar-refractivity contribution < 1.29 is 4.79 Å². The first-order valence-corrected chi connectivity index (χ1v) is 9.56. The van der Waals surface area contributed by atoms with Crippen molar-refractivity contribution in [2.45, 2.75) is 49.3 Å². The molecule has 1 aromatic carbocycles. The summed E-state index contributed by atoms with van der Waals surface area (Å²) in [5.41, 5.74) is 3.56. The number of hydrogen-bond donors (Lipinski definition) is 0. The summed E-state index contributed by atoms with van der Waals surface area (Å²) in [6.07, 6.45) is 3.02. The zero-order chi connectivity index (χ0) is 16.7. The molecule has 126 valence electrons. The van der Waals surface area contributed by atoms with Gasteiger partial charge in [-0.2, -0.15) is 5.10 Å². The highest BCUT2D eigenvalue weighted by molar-refractivity contribution is 8.01. The van der Waals surface area contributed by atoms with Gasteiger partial charge in [-0.25, -0.2) is 0 Å². The number of carbonyl (C=O) groups excluding carboxylic acids is 1. The second kappa shape index (κ2) is 6.28. The summed E-state index contributed by atoms with van der Waals surface area (Å²) in [7, 11) is 0. The minimum atomic E-state index is 0.0432. The summed E-state index contributed by atoms with van der Waals surface area (Å²) in [6.45, 7) is 5.79. The molecule has 2 aromatic rings. The lowest BCUT2D eigenvalue weighted by molar-refractivity contribution is -0.132. The summed E-state index contributed by atoms with van der Waals surface area (Å²) in [4.78, 5) is 16.3. The molecule has 3 heterocycles. The van der Waals surface area contributed by atoms with Crippen LogP contribution in [0.5, 0.6) is 0 Å². The maximum atomic E-state index is 13.0. The smallest absolute Gasteiger partial charge is 0.236 e. The van der Waals surface area contributed by atoms with Crippen molar-refractivity contribution in [3.05, 3.63) is 47.3 Å². The lowest BCUT2D eigenvalue weighted by atomic mass is 10.0. The van der Waals surface area contributed by atoms with Crippen molar-refractivity contribution in [1.29, 1.82) is 0 Å². The number of hydrogen-bond acceptors (Lipinski definition) is 3. The first kappa shape index (κ1) is 15.8. The largest absolute Gasteiger partial charge is 0.340 e. The number of aromatic nitrogens is 2. The molecule has 2 atom stereocenters. The quantitative estimate of drug-likeness (QED) is 0.840. The van der Waals surface area contributed by atoms with Crippen LogP contribution in [0, 0.1) is 13.8 Å². The van der Waals surface area contributed by atoms with Crippen molar-refractivity contribution >= 4 is 17.7 Å². The zero-order valence-corrected chi connectivity index (χ0v) is 15.1. The van der Waals surface area contributed by atoms with Gasteiger partial charge in [0.1, 0.15) is 0 Å². The Hall–Kier alpha value is -1.75. The van der Waals surface area contributed by atoms with Gasteiger partial charge >= 0.3 is 0 Å². The van der Waals surface area contributed by atoms with Crippen LogP contribution in [-0.4, -0.2) is 38.9 Å². The molecule has 1 fully saturated rings. The molecule has 0 N–H and O–H groups in total. The van der Waals surface area contributed by atoms with Crippen LogP contribution in [0.25, 0.3) is 0 Å². The van der Waals surface area contributed by atoms with Gasteiger partial charge in [-0.15, -0.1) is 11.8 Å². The Bertz CT molecular complexity index is 745. The van der Waals surface area contributed by atoms with E-state index in [2.05, 4.69) is 51.9 Å². The van der Waals surface area contributed by atoms with Gasteiger partial charge in [-0.05, 0) is 50.8 Å². The van der Waals surface area contributed by atoms with E-state index in [0.717, 1.165) is 38.0 Å². The monoisotopic (exact) mass is 341 g/mol. The Morgan fingerprint density at radius 3 is 2.88 bits per heavy atom. The van der Waals surface area contributed by atoms with Gasteiger partial charge in [0.05, 0.1) is 17.0 Å². The standard InChI is InChI=1S/C19H23N3OS/c1-13-10-14(2)22(20-13)16-7-5-9-21(12-16)19(23)18-11-15-6-3-4-8-17(15)24-18/h3-4,6,8,10,16,18H,5,7,9,11-12H2,1-2H3/t16-,18+/m1/s1. The van der Waals surface area contributed by atoms with E-state index in [9.17, 15) is 4.79 Å². The van der Waals surface area contributed by atoms with Gasteiger partial charge in [-0.3, -0.25) is 9.48 Å². The molecule has 4 nitrogen and oxygen atoms in total. The fraction of sp³-hybridized carbons (Fsp3) is 0.474. The maximum Gasteiger partial charge on any atom is 0.236 e. The SMILES string of the molecule is Cc1cc(C)n([C@@H]2CCCN(C(=O)[C@@H]3Cc4ccccc4S3)C2)n1. The third kappa shape index (κ3) is 2.86. The third-order valence-electron chi connectivity index (χ3n) is 5.02. The van der Waals surface area contributed by atoms with Gasteiger partial charge in [0.15, 0.2) is 0 Å². The number of likely N-dealkylation sites (tertiary alicyclic amines) is 1. The van der Waals surface area contributed by atoms with E-state index in [1.54, 1.807) is 11.8 Å². The highest BCUT2D eigenvalue weighted by atomic mass is 32.2. The van der Waals surface area contributed by atoms with Crippen molar-refractivity contribution in [3.8, 4) is 0 Å². The van der Waals surface area contributed by atoms with E-state index in [1.807, 2.05) is 6.92 Å². The van der Waals surface area contributed by atoms with E-state index < -0.39 is 0 Å². The number of nitrogens with zero attached hydrogens (tertiary/aromatic N) is 3. The fourth-order valence-electron chi connectivity index (χ4n) is 3.89. The zero-order valence-electron chi connectivity index (χ0n) is 14.2. The Balaban J connectivity index is 1.47. The Labute approximate surface area is 147 Å². The van der Waals surface area contributed by atoms with Gasteiger partial charge < -0.3 is 4.90 Å². The van der Waals surface area contributed by atoms with Crippen molar-refractivity contribution in [2.24, 2.45) is 0 Å². The van der Waals surface area contributed by atoms with Crippen LogP contribution in [0.1, 0.15) is 35.8 Å². The molecule has 0 unspecified atom stereocenters. The molecule has 1 aromatic heterocycles. The third-order valence-corrected chi connectivity index (χ3v) is 6.33. The van der Waals surface area contributed by atoms with Crippen LogP contribution in [-0.2, 0) is 11.2 Å². The Kier molecular flexibility index (Phi) is 4.12. The number of fused-ring (bicyclic) bond motifs is 1. The highest BCUT2D eigenvalue weighted by Crippen LogP contribution is 2.38. The number of amides is 1.